The molecular formula is C17H33ClN2O4. The molecule has 0 saturated carbocycles. The molecule has 2 heterocycles. The van der Waals surface area contributed by atoms with Gasteiger partial charge < -0.3 is 24.8 Å². The number of amides is 1. The van der Waals surface area contributed by atoms with Crippen LogP contribution in [0.1, 0.15) is 45.4 Å². The zero-order valence-corrected chi connectivity index (χ0v) is 15.6. The number of halogens is 1. The molecule has 0 aromatic rings. The maximum Gasteiger partial charge on any atom is 0.251 e. The van der Waals surface area contributed by atoms with Gasteiger partial charge in [0.25, 0.3) is 5.91 Å². The van der Waals surface area contributed by atoms with Crippen molar-refractivity contribution in [1.82, 2.24) is 4.90 Å². The van der Waals surface area contributed by atoms with Crippen LogP contribution >= 0.6 is 12.4 Å². The molecule has 142 valence electrons. The normalized spacial score (nSPS) is 23.6. The highest BCUT2D eigenvalue weighted by Gasteiger charge is 2.27. The van der Waals surface area contributed by atoms with Crippen LogP contribution in [0.5, 0.6) is 0 Å². The zero-order valence-electron chi connectivity index (χ0n) is 14.8. The van der Waals surface area contributed by atoms with Crippen molar-refractivity contribution in [2.45, 2.75) is 63.8 Å². The van der Waals surface area contributed by atoms with Crippen LogP contribution in [0.4, 0.5) is 0 Å². The van der Waals surface area contributed by atoms with Crippen molar-refractivity contribution >= 4 is 18.3 Å². The molecule has 0 aliphatic carbocycles. The number of hydrogen-bond donors (Lipinski definition) is 1. The molecule has 24 heavy (non-hydrogen) atoms. The van der Waals surface area contributed by atoms with Crippen molar-refractivity contribution < 1.29 is 19.0 Å². The Bertz CT molecular complexity index is 345. The lowest BCUT2D eigenvalue weighted by molar-refractivity contribution is -0.148. The minimum Gasteiger partial charge on any atom is -0.378 e. The highest BCUT2D eigenvalue weighted by atomic mass is 35.5. The topological polar surface area (TPSA) is 74.0 Å². The zero-order chi connectivity index (χ0) is 16.5. The molecule has 0 aromatic carbocycles. The number of carbonyl (C=O) groups excluding carboxylic acids is 1. The van der Waals surface area contributed by atoms with Crippen molar-refractivity contribution in [3.05, 3.63) is 0 Å². The van der Waals surface area contributed by atoms with E-state index in [9.17, 15) is 4.79 Å². The summed E-state index contributed by atoms with van der Waals surface area (Å²) in [6.07, 6.45) is 6.07. The summed E-state index contributed by atoms with van der Waals surface area (Å²) >= 11 is 0. The van der Waals surface area contributed by atoms with Gasteiger partial charge in [-0.3, -0.25) is 4.79 Å². The third kappa shape index (κ3) is 7.23. The van der Waals surface area contributed by atoms with E-state index in [1.807, 2.05) is 11.8 Å². The second kappa shape index (κ2) is 12.0. The van der Waals surface area contributed by atoms with Gasteiger partial charge in [0.15, 0.2) is 0 Å². The van der Waals surface area contributed by atoms with Crippen molar-refractivity contribution in [2.75, 3.05) is 39.5 Å². The molecule has 2 saturated heterocycles. The first-order chi connectivity index (χ1) is 11.2. The largest absolute Gasteiger partial charge is 0.378 e. The fourth-order valence-corrected chi connectivity index (χ4v) is 3.10. The predicted octanol–water partition coefficient (Wildman–Crippen LogP) is 1.74. The number of nitrogens with zero attached hydrogens (tertiary/aromatic N) is 1. The molecular weight excluding hydrogens is 332 g/mol. The van der Waals surface area contributed by atoms with Gasteiger partial charge in [0.1, 0.15) is 6.10 Å². The summed E-state index contributed by atoms with van der Waals surface area (Å²) in [5.74, 6) is 0.0845. The Morgan fingerprint density at radius 3 is 2.67 bits per heavy atom. The smallest absolute Gasteiger partial charge is 0.251 e. The van der Waals surface area contributed by atoms with E-state index in [1.54, 1.807) is 0 Å². The van der Waals surface area contributed by atoms with Crippen LogP contribution in [0.15, 0.2) is 0 Å². The molecule has 0 bridgehead atoms. The first-order valence-electron chi connectivity index (χ1n) is 9.04. The minimum atomic E-state index is -0.393. The van der Waals surface area contributed by atoms with Crippen molar-refractivity contribution in [1.29, 1.82) is 0 Å². The SMILES string of the molecule is CC(OCC1CCCCO1)C(=O)N1CCC(OCCCN)CC1.Cl. The number of nitrogens with two attached hydrogens (primary N) is 1. The Kier molecular flexibility index (Phi) is 10.9. The summed E-state index contributed by atoms with van der Waals surface area (Å²) in [4.78, 5) is 14.3. The molecule has 7 heteroatoms. The van der Waals surface area contributed by atoms with Crippen molar-refractivity contribution in [3.8, 4) is 0 Å². The second-order valence-electron chi connectivity index (χ2n) is 6.50. The van der Waals surface area contributed by atoms with Gasteiger partial charge in [-0.15, -0.1) is 12.4 Å². The van der Waals surface area contributed by atoms with Gasteiger partial charge in [-0.05, 0) is 52.0 Å². The average Bonchev–Trinajstić information content (AvgIpc) is 2.61. The summed E-state index contributed by atoms with van der Waals surface area (Å²) in [7, 11) is 0. The first kappa shape index (κ1) is 21.6. The van der Waals surface area contributed by atoms with Crippen LogP contribution in [0.2, 0.25) is 0 Å². The van der Waals surface area contributed by atoms with Gasteiger partial charge in [0.2, 0.25) is 0 Å². The van der Waals surface area contributed by atoms with E-state index in [1.165, 1.54) is 6.42 Å². The predicted molar refractivity (Wildman–Crippen MR) is 95.5 cm³/mol. The lowest BCUT2D eigenvalue weighted by atomic mass is 10.1. The van der Waals surface area contributed by atoms with E-state index >= 15 is 0 Å². The molecule has 2 rings (SSSR count). The molecule has 2 N–H and O–H groups in total. The maximum atomic E-state index is 12.4. The second-order valence-corrected chi connectivity index (χ2v) is 6.50. The Morgan fingerprint density at radius 1 is 1.29 bits per heavy atom. The standard InChI is InChI=1S/C17H32N2O4.ClH/c1-14(23-13-16-5-2-3-11-22-16)17(20)19-9-6-15(7-10-19)21-12-4-8-18;/h14-16H,2-13,18H2,1H3;1H. The molecule has 2 atom stereocenters. The number of ether oxygens (including phenoxy) is 3. The molecule has 2 fully saturated rings. The average molecular weight is 365 g/mol. The van der Waals surface area contributed by atoms with Gasteiger partial charge in [0.05, 0.1) is 18.8 Å². The summed E-state index contributed by atoms with van der Waals surface area (Å²) in [5.41, 5.74) is 5.47. The van der Waals surface area contributed by atoms with Crippen LogP contribution in [0.25, 0.3) is 0 Å². The lowest BCUT2D eigenvalue weighted by Gasteiger charge is -2.33. The van der Waals surface area contributed by atoms with E-state index < -0.39 is 6.10 Å². The van der Waals surface area contributed by atoms with E-state index in [0.29, 0.717) is 13.2 Å². The monoisotopic (exact) mass is 364 g/mol. The Labute approximate surface area is 151 Å². The van der Waals surface area contributed by atoms with Gasteiger partial charge in [-0.25, -0.2) is 0 Å². The van der Waals surface area contributed by atoms with Crippen molar-refractivity contribution in [2.24, 2.45) is 5.73 Å². The van der Waals surface area contributed by atoms with Crippen LogP contribution in [0.3, 0.4) is 0 Å². The van der Waals surface area contributed by atoms with Crippen LogP contribution in [0, 0.1) is 0 Å². The highest BCUT2D eigenvalue weighted by Crippen LogP contribution is 2.17. The molecule has 0 radical (unpaired) electrons. The lowest BCUT2D eigenvalue weighted by Crippen LogP contribution is -2.46. The maximum absolute atomic E-state index is 12.4. The molecule has 0 spiro atoms. The van der Waals surface area contributed by atoms with Crippen LogP contribution in [-0.4, -0.2) is 68.6 Å². The molecule has 2 unspecified atom stereocenters. The number of hydrogen-bond acceptors (Lipinski definition) is 5. The van der Waals surface area contributed by atoms with Crippen molar-refractivity contribution in [3.63, 3.8) is 0 Å². The summed E-state index contributed by atoms with van der Waals surface area (Å²) in [5, 5.41) is 0. The highest BCUT2D eigenvalue weighted by molar-refractivity contribution is 5.85. The summed E-state index contributed by atoms with van der Waals surface area (Å²) in [6.45, 7) is 6.06. The fourth-order valence-electron chi connectivity index (χ4n) is 3.10. The number of carbonyl (C=O) groups is 1. The number of rotatable bonds is 8. The van der Waals surface area contributed by atoms with E-state index in [-0.39, 0.29) is 30.5 Å². The molecule has 6 nitrogen and oxygen atoms in total. The fraction of sp³-hybridized carbons (Fsp3) is 0.941. The van der Waals surface area contributed by atoms with Gasteiger partial charge >= 0.3 is 0 Å². The molecule has 0 aromatic heterocycles. The summed E-state index contributed by atoms with van der Waals surface area (Å²) in [6, 6.07) is 0. The van der Waals surface area contributed by atoms with E-state index in [2.05, 4.69) is 0 Å². The molecule has 2 aliphatic heterocycles. The quantitative estimate of drug-likeness (QED) is 0.664. The third-order valence-electron chi connectivity index (χ3n) is 4.61. The minimum absolute atomic E-state index is 0. The Balaban J connectivity index is 0.00000288. The Morgan fingerprint density at radius 2 is 2.04 bits per heavy atom. The van der Waals surface area contributed by atoms with Gasteiger partial charge in [-0.1, -0.05) is 0 Å². The van der Waals surface area contributed by atoms with Gasteiger partial charge in [0, 0.05) is 26.3 Å². The molecule has 1 amide bonds. The molecule has 2 aliphatic rings. The van der Waals surface area contributed by atoms with Crippen LogP contribution in [-0.2, 0) is 19.0 Å². The van der Waals surface area contributed by atoms with Gasteiger partial charge in [-0.2, -0.15) is 0 Å². The summed E-state index contributed by atoms with van der Waals surface area (Å²) < 4.78 is 17.2. The van der Waals surface area contributed by atoms with Crippen LogP contribution < -0.4 is 5.73 Å². The van der Waals surface area contributed by atoms with E-state index in [4.69, 9.17) is 19.9 Å². The number of piperidine rings is 1. The number of likely N-dealkylation sites (tertiary alicyclic amines) is 1. The third-order valence-corrected chi connectivity index (χ3v) is 4.61. The Hall–Kier alpha value is -0.400. The van der Waals surface area contributed by atoms with E-state index in [0.717, 1.165) is 58.4 Å². The first-order valence-corrected chi connectivity index (χ1v) is 9.04.